The molecule has 1 amide bonds. The highest BCUT2D eigenvalue weighted by Crippen LogP contribution is 2.25. The van der Waals surface area contributed by atoms with Crippen molar-refractivity contribution in [1.82, 2.24) is 0 Å². The molecule has 0 aliphatic rings. The number of benzene rings is 1. The van der Waals surface area contributed by atoms with Crippen molar-refractivity contribution in [3.8, 4) is 5.75 Å². The van der Waals surface area contributed by atoms with E-state index in [1.54, 1.807) is 6.07 Å². The number of phenolic OH excluding ortho intramolecular Hbond substituents is 1. The Kier molecular flexibility index (Phi) is 4.04. The van der Waals surface area contributed by atoms with E-state index in [0.717, 1.165) is 0 Å². The number of halogens is 2. The SMILES string of the molecule is O=C(CCCl)Nc1ccc(O)c(Cl)c1. The maximum Gasteiger partial charge on any atom is 0.225 e. The monoisotopic (exact) mass is 233 g/mol. The van der Waals surface area contributed by atoms with Crippen molar-refractivity contribution < 1.29 is 9.90 Å². The molecular formula is C9H9Cl2NO2. The molecule has 5 heteroatoms. The molecule has 14 heavy (non-hydrogen) atoms. The summed E-state index contributed by atoms with van der Waals surface area (Å²) in [6, 6.07) is 4.45. The van der Waals surface area contributed by atoms with Crippen LogP contribution in [0.1, 0.15) is 6.42 Å². The molecular weight excluding hydrogens is 225 g/mol. The standard InChI is InChI=1S/C9H9Cl2NO2/c10-4-3-9(14)12-6-1-2-8(13)7(11)5-6/h1-2,5,13H,3-4H2,(H,12,14). The molecule has 1 aromatic rings. The Morgan fingerprint density at radius 2 is 2.21 bits per heavy atom. The van der Waals surface area contributed by atoms with Gasteiger partial charge in [-0.25, -0.2) is 0 Å². The van der Waals surface area contributed by atoms with Gasteiger partial charge < -0.3 is 10.4 Å². The highest BCUT2D eigenvalue weighted by molar-refractivity contribution is 6.32. The van der Waals surface area contributed by atoms with Crippen LogP contribution in [-0.4, -0.2) is 16.9 Å². The zero-order chi connectivity index (χ0) is 10.6. The molecule has 3 nitrogen and oxygen atoms in total. The predicted molar refractivity (Wildman–Crippen MR) is 57.1 cm³/mol. The average molecular weight is 234 g/mol. The van der Waals surface area contributed by atoms with E-state index in [-0.39, 0.29) is 29.0 Å². The largest absolute Gasteiger partial charge is 0.506 e. The molecule has 0 atom stereocenters. The van der Waals surface area contributed by atoms with E-state index in [0.29, 0.717) is 5.69 Å². The molecule has 0 aromatic heterocycles. The Morgan fingerprint density at radius 1 is 1.50 bits per heavy atom. The summed E-state index contributed by atoms with van der Waals surface area (Å²) in [5.74, 6) is 0.0845. The van der Waals surface area contributed by atoms with Crippen molar-refractivity contribution in [1.29, 1.82) is 0 Å². The summed E-state index contributed by atoms with van der Waals surface area (Å²) in [7, 11) is 0. The van der Waals surface area contributed by atoms with Gasteiger partial charge in [-0.3, -0.25) is 4.79 Å². The number of aromatic hydroxyl groups is 1. The summed E-state index contributed by atoms with van der Waals surface area (Å²) >= 11 is 11.0. The van der Waals surface area contributed by atoms with Gasteiger partial charge in [0.2, 0.25) is 5.91 Å². The van der Waals surface area contributed by atoms with Crippen molar-refractivity contribution in [3.05, 3.63) is 23.2 Å². The summed E-state index contributed by atoms with van der Waals surface area (Å²) in [6.07, 6.45) is 0.250. The van der Waals surface area contributed by atoms with Crippen LogP contribution in [-0.2, 0) is 4.79 Å². The molecule has 0 spiro atoms. The second-order valence-corrected chi connectivity index (χ2v) is 3.44. The first-order valence-electron chi connectivity index (χ1n) is 3.98. The molecule has 1 aromatic carbocycles. The van der Waals surface area contributed by atoms with Crippen LogP contribution >= 0.6 is 23.2 Å². The molecule has 0 fully saturated rings. The lowest BCUT2D eigenvalue weighted by atomic mass is 10.3. The van der Waals surface area contributed by atoms with Crippen LogP contribution in [0.5, 0.6) is 5.75 Å². The predicted octanol–water partition coefficient (Wildman–Crippen LogP) is 2.61. The maximum absolute atomic E-state index is 11.1. The van der Waals surface area contributed by atoms with E-state index < -0.39 is 0 Å². The number of carbonyl (C=O) groups excluding carboxylic acids is 1. The summed E-state index contributed by atoms with van der Waals surface area (Å²) in [5, 5.41) is 11.9. The number of anilines is 1. The van der Waals surface area contributed by atoms with Gasteiger partial charge in [-0.05, 0) is 18.2 Å². The molecule has 0 saturated carbocycles. The summed E-state index contributed by atoms with van der Waals surface area (Å²) in [5.41, 5.74) is 0.544. The second-order valence-electron chi connectivity index (χ2n) is 2.65. The molecule has 1 rings (SSSR count). The fourth-order valence-corrected chi connectivity index (χ4v) is 1.25. The number of carbonyl (C=O) groups is 1. The van der Waals surface area contributed by atoms with Gasteiger partial charge >= 0.3 is 0 Å². The van der Waals surface area contributed by atoms with E-state index in [2.05, 4.69) is 5.32 Å². The first-order chi connectivity index (χ1) is 6.63. The molecule has 2 N–H and O–H groups in total. The molecule has 0 bridgehead atoms. The first-order valence-corrected chi connectivity index (χ1v) is 4.89. The summed E-state index contributed by atoms with van der Waals surface area (Å²) in [6.45, 7) is 0. The van der Waals surface area contributed by atoms with E-state index in [4.69, 9.17) is 28.3 Å². The van der Waals surface area contributed by atoms with Crippen LogP contribution in [0.4, 0.5) is 5.69 Å². The Labute approximate surface area is 91.6 Å². The summed E-state index contributed by atoms with van der Waals surface area (Å²) in [4.78, 5) is 11.1. The number of hydrogen-bond donors (Lipinski definition) is 2. The van der Waals surface area contributed by atoms with E-state index in [9.17, 15) is 4.79 Å². The highest BCUT2D eigenvalue weighted by atomic mass is 35.5. The number of nitrogens with one attached hydrogen (secondary N) is 1. The molecule has 0 heterocycles. The minimum atomic E-state index is -0.179. The molecule has 76 valence electrons. The van der Waals surface area contributed by atoms with Gasteiger partial charge in [-0.2, -0.15) is 0 Å². The van der Waals surface area contributed by atoms with Crippen molar-refractivity contribution in [2.45, 2.75) is 6.42 Å². The molecule has 0 aliphatic carbocycles. The Morgan fingerprint density at radius 3 is 2.79 bits per heavy atom. The van der Waals surface area contributed by atoms with Crippen LogP contribution in [0, 0.1) is 0 Å². The third-order valence-electron chi connectivity index (χ3n) is 1.55. The van der Waals surface area contributed by atoms with Crippen LogP contribution in [0.2, 0.25) is 5.02 Å². The van der Waals surface area contributed by atoms with Crippen LogP contribution in [0.15, 0.2) is 18.2 Å². The molecule has 0 saturated heterocycles. The third kappa shape index (κ3) is 3.09. The van der Waals surface area contributed by atoms with E-state index in [1.807, 2.05) is 0 Å². The van der Waals surface area contributed by atoms with Crippen molar-refractivity contribution >= 4 is 34.8 Å². The molecule has 0 radical (unpaired) electrons. The lowest BCUT2D eigenvalue weighted by molar-refractivity contribution is -0.115. The number of alkyl halides is 1. The third-order valence-corrected chi connectivity index (χ3v) is 2.04. The van der Waals surface area contributed by atoms with Crippen LogP contribution in [0.3, 0.4) is 0 Å². The van der Waals surface area contributed by atoms with Gasteiger partial charge in [0.1, 0.15) is 5.75 Å². The zero-order valence-corrected chi connectivity index (χ0v) is 8.77. The first kappa shape index (κ1) is 11.1. The smallest absolute Gasteiger partial charge is 0.225 e. The minimum absolute atomic E-state index is 0.0120. The molecule has 0 aliphatic heterocycles. The highest BCUT2D eigenvalue weighted by Gasteiger charge is 2.03. The minimum Gasteiger partial charge on any atom is -0.506 e. The van der Waals surface area contributed by atoms with Crippen molar-refractivity contribution in [2.75, 3.05) is 11.2 Å². The second kappa shape index (κ2) is 5.08. The number of phenols is 1. The lowest BCUT2D eigenvalue weighted by Gasteiger charge is -2.04. The zero-order valence-electron chi connectivity index (χ0n) is 7.26. The average Bonchev–Trinajstić information content (AvgIpc) is 2.12. The van der Waals surface area contributed by atoms with Gasteiger partial charge in [0.15, 0.2) is 0 Å². The Bertz CT molecular complexity index is 342. The number of amides is 1. The van der Waals surface area contributed by atoms with Gasteiger partial charge in [0.25, 0.3) is 0 Å². The Balaban J connectivity index is 2.68. The molecule has 0 unspecified atom stereocenters. The van der Waals surface area contributed by atoms with Crippen molar-refractivity contribution in [3.63, 3.8) is 0 Å². The summed E-state index contributed by atoms with van der Waals surface area (Å²) < 4.78 is 0. The van der Waals surface area contributed by atoms with Gasteiger partial charge in [0.05, 0.1) is 5.02 Å². The van der Waals surface area contributed by atoms with Gasteiger partial charge in [0, 0.05) is 18.0 Å². The normalized spacial score (nSPS) is 9.86. The van der Waals surface area contributed by atoms with E-state index in [1.165, 1.54) is 12.1 Å². The number of rotatable bonds is 3. The Hall–Kier alpha value is -0.930. The topological polar surface area (TPSA) is 49.3 Å². The van der Waals surface area contributed by atoms with Gasteiger partial charge in [-0.1, -0.05) is 11.6 Å². The van der Waals surface area contributed by atoms with Gasteiger partial charge in [-0.15, -0.1) is 11.6 Å². The maximum atomic E-state index is 11.1. The lowest BCUT2D eigenvalue weighted by Crippen LogP contribution is -2.11. The fraction of sp³-hybridized carbons (Fsp3) is 0.222. The van der Waals surface area contributed by atoms with E-state index >= 15 is 0 Å². The van der Waals surface area contributed by atoms with Crippen LogP contribution in [0.25, 0.3) is 0 Å². The number of hydrogen-bond acceptors (Lipinski definition) is 2. The van der Waals surface area contributed by atoms with Crippen molar-refractivity contribution in [2.24, 2.45) is 0 Å². The van der Waals surface area contributed by atoms with Crippen LogP contribution < -0.4 is 5.32 Å². The fourth-order valence-electron chi connectivity index (χ4n) is 0.894. The quantitative estimate of drug-likeness (QED) is 0.623.